The third kappa shape index (κ3) is 6.71. The molecule has 0 aliphatic heterocycles. The summed E-state index contributed by atoms with van der Waals surface area (Å²) in [6.07, 6.45) is 0.992. The zero-order chi connectivity index (χ0) is 19.0. The van der Waals surface area contributed by atoms with Gasteiger partial charge in [0.05, 0.1) is 25.7 Å². The van der Waals surface area contributed by atoms with E-state index in [9.17, 15) is 8.42 Å². The molecular weight excluding hydrogens is 380 g/mol. The Morgan fingerprint density at radius 2 is 1.92 bits per heavy atom. The van der Waals surface area contributed by atoms with Gasteiger partial charge in [-0.25, -0.2) is 8.42 Å². The normalized spacial score (nSPS) is 11.8. The third-order valence-corrected chi connectivity index (χ3v) is 6.43. The molecule has 0 fully saturated rings. The van der Waals surface area contributed by atoms with E-state index < -0.39 is 10.0 Å². The van der Waals surface area contributed by atoms with E-state index in [-0.39, 0.29) is 9.92 Å². The lowest BCUT2D eigenvalue weighted by atomic mass is 10.3. The average Bonchev–Trinajstić information content (AvgIpc) is 2.54. The van der Waals surface area contributed by atoms with E-state index in [1.165, 1.54) is 15.3 Å². The molecule has 0 spiro atoms. The molecular formula is C16H28ClN4O2S2+. The van der Waals surface area contributed by atoms with Crippen LogP contribution in [0.25, 0.3) is 0 Å². The van der Waals surface area contributed by atoms with Gasteiger partial charge in [-0.15, -0.1) is 0 Å². The molecule has 1 aromatic carbocycles. The second-order valence-corrected chi connectivity index (χ2v) is 8.65. The number of nitrogens with one attached hydrogen (secondary N) is 3. The number of hydrogen-bond donors (Lipinski definition) is 3. The fraction of sp³-hybridized carbons (Fsp3) is 0.562. The molecule has 0 aromatic heterocycles. The lowest BCUT2D eigenvalue weighted by molar-refractivity contribution is -0.858. The molecule has 25 heavy (non-hydrogen) atoms. The number of anilines is 1. The Hall–Kier alpha value is -0.930. The van der Waals surface area contributed by atoms with Crippen molar-refractivity contribution in [2.45, 2.75) is 25.2 Å². The second kappa shape index (κ2) is 10.3. The molecule has 0 radical (unpaired) electrons. The zero-order valence-electron chi connectivity index (χ0n) is 15.2. The summed E-state index contributed by atoms with van der Waals surface area (Å²) < 4.78 is 26.8. The topological polar surface area (TPSA) is 65.9 Å². The van der Waals surface area contributed by atoms with Crippen LogP contribution in [0.2, 0.25) is 5.02 Å². The first kappa shape index (κ1) is 22.1. The van der Waals surface area contributed by atoms with Gasteiger partial charge in [-0.3, -0.25) is 0 Å². The largest absolute Gasteiger partial charge is 0.362 e. The summed E-state index contributed by atoms with van der Waals surface area (Å²) in [5, 5.41) is 6.79. The van der Waals surface area contributed by atoms with E-state index in [0.29, 0.717) is 23.9 Å². The van der Waals surface area contributed by atoms with E-state index >= 15 is 0 Å². The molecule has 9 heteroatoms. The van der Waals surface area contributed by atoms with Gasteiger partial charge < -0.3 is 15.5 Å². The first-order valence-corrected chi connectivity index (χ1v) is 10.6. The summed E-state index contributed by atoms with van der Waals surface area (Å²) in [5.74, 6) is 0. The quantitative estimate of drug-likeness (QED) is 0.424. The Balaban J connectivity index is 2.83. The molecule has 0 amide bonds. The van der Waals surface area contributed by atoms with Gasteiger partial charge >= 0.3 is 0 Å². The fourth-order valence-corrected chi connectivity index (χ4v) is 4.48. The summed E-state index contributed by atoms with van der Waals surface area (Å²) in [6, 6.07) is 4.80. The van der Waals surface area contributed by atoms with Gasteiger partial charge in [0.1, 0.15) is 4.90 Å². The van der Waals surface area contributed by atoms with Crippen molar-refractivity contribution in [1.82, 2.24) is 9.62 Å². The number of halogens is 1. The Morgan fingerprint density at radius 3 is 2.48 bits per heavy atom. The van der Waals surface area contributed by atoms with E-state index in [1.807, 2.05) is 0 Å². The molecule has 0 saturated heterocycles. The molecule has 0 aliphatic carbocycles. The maximum absolute atomic E-state index is 12.7. The summed E-state index contributed by atoms with van der Waals surface area (Å²) >= 11 is 11.4. The second-order valence-electron chi connectivity index (χ2n) is 5.93. The number of quaternary nitrogens is 1. The van der Waals surface area contributed by atoms with Crippen LogP contribution in [-0.2, 0) is 10.0 Å². The summed E-state index contributed by atoms with van der Waals surface area (Å²) in [6.45, 7) is 6.18. The van der Waals surface area contributed by atoms with Crippen LogP contribution in [0.1, 0.15) is 20.3 Å². The lowest BCUT2D eigenvalue weighted by Crippen LogP contribution is -3.05. The first-order valence-electron chi connectivity index (χ1n) is 8.35. The van der Waals surface area contributed by atoms with Gasteiger partial charge in [0.2, 0.25) is 10.0 Å². The van der Waals surface area contributed by atoms with Crippen molar-refractivity contribution < 1.29 is 13.3 Å². The zero-order valence-corrected chi connectivity index (χ0v) is 17.6. The van der Waals surface area contributed by atoms with Crippen molar-refractivity contribution in [1.29, 1.82) is 0 Å². The van der Waals surface area contributed by atoms with Crippen LogP contribution < -0.4 is 15.5 Å². The smallest absolute Gasteiger partial charge is 0.244 e. The maximum Gasteiger partial charge on any atom is 0.244 e. The van der Waals surface area contributed by atoms with Gasteiger partial charge in [0.15, 0.2) is 5.11 Å². The number of thiocarbonyl (C=S) groups is 1. The van der Waals surface area contributed by atoms with Crippen LogP contribution in [0, 0.1) is 0 Å². The highest BCUT2D eigenvalue weighted by atomic mass is 35.5. The molecule has 1 aromatic rings. The molecule has 3 N–H and O–H groups in total. The monoisotopic (exact) mass is 407 g/mol. The van der Waals surface area contributed by atoms with E-state index in [0.717, 1.165) is 19.5 Å². The minimum atomic E-state index is -3.63. The van der Waals surface area contributed by atoms with E-state index in [4.69, 9.17) is 23.8 Å². The Morgan fingerprint density at radius 1 is 1.28 bits per heavy atom. The van der Waals surface area contributed by atoms with Gasteiger partial charge in [0.25, 0.3) is 0 Å². The Bertz CT molecular complexity index is 677. The van der Waals surface area contributed by atoms with Crippen molar-refractivity contribution in [3.8, 4) is 0 Å². The molecule has 142 valence electrons. The summed E-state index contributed by atoms with van der Waals surface area (Å²) in [4.78, 5) is 1.46. The number of rotatable bonds is 9. The first-order chi connectivity index (χ1) is 11.7. The predicted molar refractivity (Wildman–Crippen MR) is 108 cm³/mol. The van der Waals surface area contributed by atoms with Crippen molar-refractivity contribution >= 4 is 44.6 Å². The van der Waals surface area contributed by atoms with Gasteiger partial charge in [-0.05, 0) is 30.4 Å². The van der Waals surface area contributed by atoms with Crippen LogP contribution in [0.5, 0.6) is 0 Å². The highest BCUT2D eigenvalue weighted by Crippen LogP contribution is 2.27. The molecule has 0 saturated carbocycles. The number of benzene rings is 1. The minimum absolute atomic E-state index is 0.0851. The molecule has 0 unspecified atom stereocenters. The maximum atomic E-state index is 12.7. The Kier molecular flexibility index (Phi) is 9.09. The molecule has 6 nitrogen and oxygen atoms in total. The number of hydrogen-bond acceptors (Lipinski definition) is 3. The predicted octanol–water partition coefficient (Wildman–Crippen LogP) is 1.19. The summed E-state index contributed by atoms with van der Waals surface area (Å²) in [5.41, 5.74) is 0.589. The van der Waals surface area contributed by atoms with E-state index in [2.05, 4.69) is 24.7 Å². The van der Waals surface area contributed by atoms with Gasteiger partial charge in [0, 0.05) is 31.7 Å². The van der Waals surface area contributed by atoms with Gasteiger partial charge in [-0.2, -0.15) is 4.31 Å². The number of sulfonamides is 1. The molecule has 0 bridgehead atoms. The SMILES string of the molecule is CCN(CC)S(=O)(=O)c1cc(NC(=S)NCCC[NH+](C)C)ccc1Cl. The minimum Gasteiger partial charge on any atom is -0.362 e. The fourth-order valence-electron chi connectivity index (χ4n) is 2.30. The highest BCUT2D eigenvalue weighted by molar-refractivity contribution is 7.89. The van der Waals surface area contributed by atoms with Crippen LogP contribution in [-0.4, -0.2) is 58.1 Å². The third-order valence-electron chi connectivity index (χ3n) is 3.65. The highest BCUT2D eigenvalue weighted by Gasteiger charge is 2.24. The molecule has 1 rings (SSSR count). The van der Waals surface area contributed by atoms with Crippen molar-refractivity contribution in [3.05, 3.63) is 23.2 Å². The van der Waals surface area contributed by atoms with Crippen molar-refractivity contribution in [2.75, 3.05) is 45.6 Å². The van der Waals surface area contributed by atoms with Crippen LogP contribution in [0.4, 0.5) is 5.69 Å². The molecule has 0 heterocycles. The van der Waals surface area contributed by atoms with E-state index in [1.54, 1.807) is 26.0 Å². The van der Waals surface area contributed by atoms with Crippen molar-refractivity contribution in [3.63, 3.8) is 0 Å². The van der Waals surface area contributed by atoms with Crippen molar-refractivity contribution in [2.24, 2.45) is 0 Å². The number of nitrogens with zero attached hydrogens (tertiary/aromatic N) is 1. The van der Waals surface area contributed by atoms with Gasteiger partial charge in [-0.1, -0.05) is 25.4 Å². The van der Waals surface area contributed by atoms with Crippen LogP contribution in [0.15, 0.2) is 23.1 Å². The Labute approximate surface area is 161 Å². The molecule has 0 atom stereocenters. The van der Waals surface area contributed by atoms with Crippen LogP contribution in [0.3, 0.4) is 0 Å². The summed E-state index contributed by atoms with van der Waals surface area (Å²) in [7, 11) is 0.573. The lowest BCUT2D eigenvalue weighted by Gasteiger charge is -2.20. The average molecular weight is 408 g/mol. The molecule has 0 aliphatic rings. The standard InChI is InChI=1S/C16H27ClN4O2S2/c1-5-21(6-2)25(22,23)15-12-13(8-9-14(15)17)19-16(24)18-10-7-11-20(3)4/h8-9,12H,5-7,10-11H2,1-4H3,(H2,18,19,24)/p+1. The van der Waals surface area contributed by atoms with Crippen LogP contribution >= 0.6 is 23.8 Å².